The SMILES string of the molecule is [2H]c1c([2H])c(N(c2ccc(-c3cccc4oc5c6ccccc6ccc5c34)cc2)c2c([2H])c([2H])c(-c3ccc4c(ccc5ccccc54)c3)c([2H])c2[2H])c([2H])c([2H])c1-c1ccccc1. The molecule has 0 saturated carbocycles. The molecule has 56 heavy (non-hydrogen) atoms. The van der Waals surface area contributed by atoms with E-state index in [2.05, 4.69) is 18.2 Å². The average Bonchev–Trinajstić information content (AvgIpc) is 3.72. The fourth-order valence-electron chi connectivity index (χ4n) is 7.85. The first-order chi connectivity index (χ1) is 31.1. The predicted octanol–water partition coefficient (Wildman–Crippen LogP) is 15.5. The third-order valence-corrected chi connectivity index (χ3v) is 10.6. The lowest BCUT2D eigenvalue weighted by atomic mass is 9.97. The smallest absolute Gasteiger partial charge is 0.143 e. The summed E-state index contributed by atoms with van der Waals surface area (Å²) in [5.74, 6) is 0. The number of hydrogen-bond acceptors (Lipinski definition) is 2. The topological polar surface area (TPSA) is 16.4 Å². The molecule has 0 N–H and O–H groups in total. The zero-order valence-corrected chi connectivity index (χ0v) is 29.9. The van der Waals surface area contributed by atoms with Crippen molar-refractivity contribution in [3.8, 4) is 33.4 Å². The van der Waals surface area contributed by atoms with Gasteiger partial charge < -0.3 is 9.32 Å². The van der Waals surface area contributed by atoms with Gasteiger partial charge in [0.25, 0.3) is 0 Å². The Hall–Kier alpha value is -7.42. The average molecular weight is 722 g/mol. The summed E-state index contributed by atoms with van der Waals surface area (Å²) in [6.45, 7) is 0. The summed E-state index contributed by atoms with van der Waals surface area (Å²) in [5.41, 5.74) is 4.37. The van der Waals surface area contributed by atoms with Gasteiger partial charge in [-0.05, 0) is 115 Å². The summed E-state index contributed by atoms with van der Waals surface area (Å²) < 4.78 is 81.8. The van der Waals surface area contributed by atoms with Gasteiger partial charge in [-0.1, -0.05) is 158 Å². The highest BCUT2D eigenvalue weighted by Crippen LogP contribution is 2.42. The first-order valence-corrected chi connectivity index (χ1v) is 18.5. The Morgan fingerprint density at radius 1 is 0.357 bits per heavy atom. The van der Waals surface area contributed by atoms with Crippen molar-refractivity contribution in [2.45, 2.75) is 0 Å². The zero-order valence-electron chi connectivity index (χ0n) is 37.9. The molecule has 0 spiro atoms. The van der Waals surface area contributed by atoms with Crippen LogP contribution in [0.3, 0.4) is 0 Å². The van der Waals surface area contributed by atoms with Crippen molar-refractivity contribution in [1.82, 2.24) is 0 Å². The standard InChI is InChI=1S/C54H35NO/c1-2-9-36(10-3-1)37-19-27-44(28-20-37)55(45-29-21-38(22-30-45)42-26-33-48-43(35-42)18-17-39-11-4-6-13-47(39)48)46-31-23-41(24-32-46)49-15-8-16-52-53(49)51-34-25-40-12-5-7-14-50(40)54(51)56-52/h1-35H/i19D,20D,21D,22D,27D,28D,29D,30D. The van der Waals surface area contributed by atoms with Gasteiger partial charge in [-0.2, -0.15) is 0 Å². The van der Waals surface area contributed by atoms with E-state index in [1.165, 1.54) is 4.90 Å². The van der Waals surface area contributed by atoms with E-state index in [-0.39, 0.29) is 46.7 Å². The van der Waals surface area contributed by atoms with Gasteiger partial charge >= 0.3 is 0 Å². The lowest BCUT2D eigenvalue weighted by Gasteiger charge is -2.26. The van der Waals surface area contributed by atoms with E-state index < -0.39 is 24.2 Å². The minimum atomic E-state index is -0.399. The number of anilines is 3. The van der Waals surface area contributed by atoms with Crippen molar-refractivity contribution in [1.29, 1.82) is 0 Å². The van der Waals surface area contributed by atoms with Crippen LogP contribution >= 0.6 is 0 Å². The molecular weight excluding hydrogens is 679 g/mol. The van der Waals surface area contributed by atoms with E-state index in [0.717, 1.165) is 65.4 Å². The molecule has 0 amide bonds. The third-order valence-electron chi connectivity index (χ3n) is 10.6. The Balaban J connectivity index is 1.11. The van der Waals surface area contributed by atoms with Gasteiger partial charge in [0.15, 0.2) is 0 Å². The number of furan rings is 1. The predicted molar refractivity (Wildman–Crippen MR) is 237 cm³/mol. The number of nitrogens with zero attached hydrogens (tertiary/aromatic N) is 1. The van der Waals surface area contributed by atoms with Crippen LogP contribution in [0.1, 0.15) is 11.0 Å². The number of benzene rings is 10. The Morgan fingerprint density at radius 3 is 1.68 bits per heavy atom. The summed E-state index contributed by atoms with van der Waals surface area (Å²) in [6, 6.07) is 49.0. The van der Waals surface area contributed by atoms with E-state index in [1.807, 2.05) is 109 Å². The molecule has 0 bridgehead atoms. The second-order valence-electron chi connectivity index (χ2n) is 13.9. The van der Waals surface area contributed by atoms with Crippen LogP contribution in [0.2, 0.25) is 0 Å². The molecule has 0 atom stereocenters. The summed E-state index contributed by atoms with van der Waals surface area (Å²) >= 11 is 0. The largest absolute Gasteiger partial charge is 0.455 e. The highest BCUT2D eigenvalue weighted by atomic mass is 16.3. The van der Waals surface area contributed by atoms with Gasteiger partial charge in [-0.15, -0.1) is 0 Å². The van der Waals surface area contributed by atoms with Crippen LogP contribution in [0.25, 0.3) is 87.6 Å². The molecule has 1 heterocycles. The van der Waals surface area contributed by atoms with Crippen LogP contribution in [-0.2, 0) is 0 Å². The van der Waals surface area contributed by atoms with Crippen LogP contribution in [0, 0.1) is 0 Å². The molecule has 11 aromatic rings. The molecule has 1 aromatic heterocycles. The van der Waals surface area contributed by atoms with Gasteiger partial charge in [0.1, 0.15) is 11.2 Å². The molecule has 2 nitrogen and oxygen atoms in total. The second kappa shape index (κ2) is 13.2. The summed E-state index contributed by atoms with van der Waals surface area (Å²) in [6.07, 6.45) is 0. The zero-order chi connectivity index (χ0) is 44.0. The molecule has 0 unspecified atom stereocenters. The highest BCUT2D eigenvalue weighted by molar-refractivity contribution is 6.19. The Labute approximate surface area is 336 Å². The van der Waals surface area contributed by atoms with E-state index in [9.17, 15) is 11.0 Å². The molecule has 0 aliphatic carbocycles. The van der Waals surface area contributed by atoms with Gasteiger partial charge in [-0.25, -0.2) is 0 Å². The molecule has 262 valence electrons. The van der Waals surface area contributed by atoms with Crippen LogP contribution in [0.5, 0.6) is 0 Å². The summed E-state index contributed by atoms with van der Waals surface area (Å²) in [7, 11) is 0. The Morgan fingerprint density at radius 2 is 0.929 bits per heavy atom. The maximum absolute atomic E-state index is 9.57. The summed E-state index contributed by atoms with van der Waals surface area (Å²) in [4.78, 5) is 1.34. The van der Waals surface area contributed by atoms with Crippen molar-refractivity contribution < 1.29 is 15.4 Å². The van der Waals surface area contributed by atoms with Crippen molar-refractivity contribution in [2.75, 3.05) is 4.90 Å². The quantitative estimate of drug-likeness (QED) is 0.159. The minimum Gasteiger partial charge on any atom is -0.455 e. The van der Waals surface area contributed by atoms with Crippen LogP contribution in [0.15, 0.2) is 217 Å². The van der Waals surface area contributed by atoms with Crippen molar-refractivity contribution >= 4 is 71.3 Å². The van der Waals surface area contributed by atoms with Crippen molar-refractivity contribution in [2.24, 2.45) is 0 Å². The number of hydrogen-bond donors (Lipinski definition) is 0. The molecule has 0 fully saturated rings. The highest BCUT2D eigenvalue weighted by Gasteiger charge is 2.17. The van der Waals surface area contributed by atoms with Crippen LogP contribution < -0.4 is 4.90 Å². The third kappa shape index (κ3) is 5.42. The molecule has 2 heteroatoms. The van der Waals surface area contributed by atoms with Gasteiger partial charge in [0, 0.05) is 33.2 Å². The molecule has 0 aliphatic rings. The van der Waals surface area contributed by atoms with Crippen molar-refractivity contribution in [3.63, 3.8) is 0 Å². The summed E-state index contributed by atoms with van der Waals surface area (Å²) in [5, 5.41) is 7.98. The fourth-order valence-corrected chi connectivity index (χ4v) is 7.85. The number of fused-ring (bicyclic) bond motifs is 8. The maximum Gasteiger partial charge on any atom is 0.143 e. The lowest BCUT2D eigenvalue weighted by Crippen LogP contribution is -2.09. The Kier molecular flexibility index (Phi) is 5.83. The minimum absolute atomic E-state index is 0.108. The van der Waals surface area contributed by atoms with Crippen LogP contribution in [0.4, 0.5) is 17.1 Å². The van der Waals surface area contributed by atoms with E-state index in [4.69, 9.17) is 4.42 Å². The molecule has 0 aliphatic heterocycles. The van der Waals surface area contributed by atoms with E-state index in [1.54, 1.807) is 36.4 Å². The van der Waals surface area contributed by atoms with Gasteiger partial charge in [0.2, 0.25) is 0 Å². The molecule has 11 rings (SSSR count). The molecule has 0 saturated heterocycles. The Bertz CT molecular complexity index is 3660. The van der Waals surface area contributed by atoms with Gasteiger partial charge in [-0.3, -0.25) is 0 Å². The number of rotatable bonds is 6. The molecule has 10 aromatic carbocycles. The maximum atomic E-state index is 9.57. The molecular formula is C54H35NO. The lowest BCUT2D eigenvalue weighted by molar-refractivity contribution is 0.673. The molecule has 0 radical (unpaired) electrons. The monoisotopic (exact) mass is 721 g/mol. The second-order valence-corrected chi connectivity index (χ2v) is 13.9. The van der Waals surface area contributed by atoms with E-state index in [0.29, 0.717) is 16.8 Å². The van der Waals surface area contributed by atoms with Crippen LogP contribution in [-0.4, -0.2) is 0 Å². The van der Waals surface area contributed by atoms with Crippen molar-refractivity contribution in [3.05, 3.63) is 212 Å². The first kappa shape index (κ1) is 24.8. The fraction of sp³-hybridized carbons (Fsp3) is 0. The first-order valence-electron chi connectivity index (χ1n) is 22.5. The van der Waals surface area contributed by atoms with E-state index >= 15 is 0 Å². The normalized spacial score (nSPS) is 13.6. The van der Waals surface area contributed by atoms with Gasteiger partial charge in [0.05, 0.1) is 11.0 Å².